The van der Waals surface area contributed by atoms with Crippen molar-refractivity contribution in [2.24, 2.45) is 46.6 Å². The number of carbonyl (C=O) groups is 11. The third-order valence-electron chi connectivity index (χ3n) is 13.5. The molecule has 0 spiro atoms. The fourth-order valence-corrected chi connectivity index (χ4v) is 8.96. The van der Waals surface area contributed by atoms with Gasteiger partial charge in [-0.2, -0.15) is 0 Å². The number of aliphatic hydroxyl groups is 4. The number of hydrogen-bond acceptors (Lipinski definition) is 19. The summed E-state index contributed by atoms with van der Waals surface area (Å²) < 4.78 is 0. The summed E-state index contributed by atoms with van der Waals surface area (Å²) in [4.78, 5) is 151. The molecule has 13 atom stereocenters. The van der Waals surface area contributed by atoms with Crippen LogP contribution >= 0.6 is 0 Å². The van der Waals surface area contributed by atoms with E-state index in [1.807, 2.05) is 0 Å². The van der Waals surface area contributed by atoms with E-state index in [1.165, 1.54) is 13.8 Å². The predicted molar refractivity (Wildman–Crippen MR) is 290 cm³/mol. The largest absolute Gasteiger partial charge is 0.394 e. The normalized spacial score (nSPS) is 24.0. The van der Waals surface area contributed by atoms with Gasteiger partial charge in [0.1, 0.15) is 42.0 Å². The van der Waals surface area contributed by atoms with Crippen LogP contribution in [-0.4, -0.2) is 185 Å². The van der Waals surface area contributed by atoms with Gasteiger partial charge < -0.3 is 85.9 Å². The van der Waals surface area contributed by atoms with E-state index in [4.69, 9.17) is 22.9 Å². The van der Waals surface area contributed by atoms with Crippen LogP contribution in [0.15, 0.2) is 0 Å². The standard InChI is InChI=1S/C52H94N12O15/c1-7-8-9-10-11-12-35(69)24-32(13-18-53)46(73)62-42(29(4)66)41(71)25-33(14-19-54)45(72)59-38-17-22-57-51(78)43(30(5)67)64-50(77)39(27-65)61-48(75)37(16-21-56)60-52(79)44(31(6)68)63-47(74)34(23-28(2)3)26-40(70)36(15-20-55)58-49(38)76/h28-34,36-39,42-44,65-68H,7-27,53-56H2,1-6H3,(H,57,78)(H,58,76)(H,59,72)(H,60,79)(H,61,75)(H,62,73)(H,63,74)(H,64,77)/t29-,30-,31-,32-,33+,34+,36+,37+,38+,39+,42+,43+,44+/m1/s1. The monoisotopic (exact) mass is 1130 g/mol. The van der Waals surface area contributed by atoms with Crippen molar-refractivity contribution in [3.8, 4) is 0 Å². The molecular formula is C52H94N12O15. The highest BCUT2D eigenvalue weighted by atomic mass is 16.3. The first-order valence-electron chi connectivity index (χ1n) is 27.7. The van der Waals surface area contributed by atoms with Crippen molar-refractivity contribution in [1.82, 2.24) is 42.5 Å². The number of hydrogen-bond donors (Lipinski definition) is 16. The maximum Gasteiger partial charge on any atom is 0.245 e. The van der Waals surface area contributed by atoms with Crippen LogP contribution in [0.3, 0.4) is 0 Å². The van der Waals surface area contributed by atoms with Crippen molar-refractivity contribution >= 4 is 64.6 Å². The topological polar surface area (TPSA) is 469 Å². The molecule has 0 aliphatic carbocycles. The molecule has 0 bridgehead atoms. The molecule has 1 aliphatic heterocycles. The average molecular weight is 1130 g/mol. The molecule has 0 unspecified atom stereocenters. The molecule has 1 rings (SSSR count). The van der Waals surface area contributed by atoms with E-state index < -0.39 is 170 Å². The van der Waals surface area contributed by atoms with Crippen LogP contribution < -0.4 is 65.5 Å². The highest BCUT2D eigenvalue weighted by Crippen LogP contribution is 2.20. The number of nitrogens with one attached hydrogen (secondary N) is 8. The molecule has 0 aromatic carbocycles. The Balaban J connectivity index is 3.77. The molecule has 1 aliphatic rings. The van der Waals surface area contributed by atoms with Crippen molar-refractivity contribution in [2.45, 2.75) is 198 Å². The molecule has 27 heteroatoms. The SMILES string of the molecule is CCCCCCCC(=O)C[C@@H](CCN)C(=O)N[C@H](C(=O)C[C@H](CCN)C(=O)N[C@H]1CCNC(=O)[C@H]([C@@H](C)O)NC(=O)[C@H](CO)NC(=O)[C@H](CCN)NC(=O)[C@H]([C@@H](C)O)NC(=O)[C@@H](CC(C)C)CC(=O)[C@H](CCN)NC1=O)[C@@H](C)O. The van der Waals surface area contributed by atoms with Crippen LogP contribution in [0.2, 0.25) is 0 Å². The number of unbranched alkanes of at least 4 members (excludes halogenated alkanes) is 4. The minimum absolute atomic E-state index is 0.0515. The van der Waals surface area contributed by atoms with E-state index >= 15 is 0 Å². The van der Waals surface area contributed by atoms with Crippen molar-refractivity contribution in [3.05, 3.63) is 0 Å². The van der Waals surface area contributed by atoms with Crippen molar-refractivity contribution in [1.29, 1.82) is 0 Å². The number of aliphatic hydroxyl groups excluding tert-OH is 4. The lowest BCUT2D eigenvalue weighted by Crippen LogP contribution is -2.61. The van der Waals surface area contributed by atoms with Gasteiger partial charge >= 0.3 is 0 Å². The second kappa shape index (κ2) is 38.2. The second-order valence-corrected chi connectivity index (χ2v) is 21.0. The minimum atomic E-state index is -1.77. The molecule has 1 saturated heterocycles. The van der Waals surface area contributed by atoms with Crippen LogP contribution in [0.25, 0.3) is 0 Å². The summed E-state index contributed by atoms with van der Waals surface area (Å²) in [5.41, 5.74) is 23.3. The average Bonchev–Trinajstić information content (AvgIpc) is 3.37. The molecule has 20 N–H and O–H groups in total. The number of Topliss-reactive ketones (excluding diaryl/α,β-unsaturated/α-hetero) is 3. The summed E-state index contributed by atoms with van der Waals surface area (Å²) in [6, 6.07) is -11.3. The quantitative estimate of drug-likeness (QED) is 0.0314. The lowest BCUT2D eigenvalue weighted by molar-refractivity contribution is -0.138. The number of amides is 8. The molecule has 79 heavy (non-hydrogen) atoms. The van der Waals surface area contributed by atoms with Gasteiger partial charge in [0.15, 0.2) is 11.6 Å². The Morgan fingerprint density at radius 2 is 1.15 bits per heavy atom. The first-order valence-corrected chi connectivity index (χ1v) is 27.7. The summed E-state index contributed by atoms with van der Waals surface area (Å²) >= 11 is 0. The first kappa shape index (κ1) is 71.5. The Morgan fingerprint density at radius 1 is 0.620 bits per heavy atom. The van der Waals surface area contributed by atoms with E-state index in [0.717, 1.165) is 32.6 Å². The summed E-state index contributed by atoms with van der Waals surface area (Å²) in [5, 5.41) is 61.7. The summed E-state index contributed by atoms with van der Waals surface area (Å²) in [5.74, 6) is -13.0. The van der Waals surface area contributed by atoms with Gasteiger partial charge in [-0.25, -0.2) is 0 Å². The minimum Gasteiger partial charge on any atom is -0.394 e. The summed E-state index contributed by atoms with van der Waals surface area (Å²) in [7, 11) is 0. The highest BCUT2D eigenvalue weighted by molar-refractivity contribution is 5.99. The number of nitrogens with two attached hydrogens (primary N) is 4. The van der Waals surface area contributed by atoms with Gasteiger partial charge in [0.05, 0.1) is 31.0 Å². The Kier molecular flexibility index (Phi) is 34.5. The van der Waals surface area contributed by atoms with Gasteiger partial charge in [-0.1, -0.05) is 46.5 Å². The van der Waals surface area contributed by atoms with Gasteiger partial charge in [0, 0.05) is 50.0 Å². The van der Waals surface area contributed by atoms with Crippen molar-refractivity contribution in [2.75, 3.05) is 39.3 Å². The van der Waals surface area contributed by atoms with Crippen LogP contribution in [0.4, 0.5) is 0 Å². The molecule has 0 saturated carbocycles. The zero-order valence-corrected chi connectivity index (χ0v) is 47.0. The maximum atomic E-state index is 14.4. The fourth-order valence-electron chi connectivity index (χ4n) is 8.96. The molecule has 27 nitrogen and oxygen atoms in total. The number of ketones is 3. The number of carbonyl (C=O) groups excluding carboxylic acids is 11. The molecule has 8 amide bonds. The Hall–Kier alpha value is -5.55. The van der Waals surface area contributed by atoms with Crippen molar-refractivity contribution in [3.63, 3.8) is 0 Å². The van der Waals surface area contributed by atoms with Gasteiger partial charge in [0.25, 0.3) is 0 Å². The third-order valence-corrected chi connectivity index (χ3v) is 13.5. The molecule has 0 radical (unpaired) electrons. The summed E-state index contributed by atoms with van der Waals surface area (Å²) in [6.45, 7) is 7.22. The van der Waals surface area contributed by atoms with Gasteiger partial charge in [0.2, 0.25) is 47.3 Å². The third kappa shape index (κ3) is 26.1. The van der Waals surface area contributed by atoms with Crippen LogP contribution in [0.1, 0.15) is 138 Å². The van der Waals surface area contributed by atoms with Crippen LogP contribution in [-0.2, 0) is 52.7 Å². The van der Waals surface area contributed by atoms with Crippen LogP contribution in [0.5, 0.6) is 0 Å². The Bertz CT molecular complexity index is 1990. The lowest BCUT2D eigenvalue weighted by atomic mass is 9.88. The zero-order valence-electron chi connectivity index (χ0n) is 47.0. The number of rotatable bonds is 29. The summed E-state index contributed by atoms with van der Waals surface area (Å²) in [6.07, 6.45) is -1.96. The highest BCUT2D eigenvalue weighted by Gasteiger charge is 2.38. The molecule has 0 aromatic rings. The molecule has 1 heterocycles. The van der Waals surface area contributed by atoms with E-state index in [1.54, 1.807) is 13.8 Å². The van der Waals surface area contributed by atoms with E-state index in [-0.39, 0.29) is 82.8 Å². The fraction of sp³-hybridized carbons (Fsp3) is 0.788. The van der Waals surface area contributed by atoms with Crippen LogP contribution in [0, 0.1) is 23.7 Å². The second-order valence-electron chi connectivity index (χ2n) is 21.0. The zero-order chi connectivity index (χ0) is 59.9. The van der Waals surface area contributed by atoms with E-state index in [9.17, 15) is 73.2 Å². The first-order chi connectivity index (χ1) is 37.3. The molecule has 1 fully saturated rings. The smallest absolute Gasteiger partial charge is 0.245 e. The van der Waals surface area contributed by atoms with Gasteiger partial charge in [-0.05, 0) is 97.8 Å². The molecule has 0 aromatic heterocycles. The predicted octanol–water partition coefficient (Wildman–Crippen LogP) is -4.44. The van der Waals surface area contributed by atoms with Gasteiger partial charge in [-0.15, -0.1) is 0 Å². The van der Waals surface area contributed by atoms with Gasteiger partial charge in [-0.3, -0.25) is 52.7 Å². The Labute approximate surface area is 463 Å². The van der Waals surface area contributed by atoms with E-state index in [2.05, 4.69) is 49.5 Å². The Morgan fingerprint density at radius 3 is 1.70 bits per heavy atom. The maximum absolute atomic E-state index is 14.4. The molecule has 452 valence electrons. The van der Waals surface area contributed by atoms with E-state index in [0.29, 0.717) is 6.42 Å². The molecular weight excluding hydrogens is 1030 g/mol. The lowest BCUT2D eigenvalue weighted by Gasteiger charge is -2.28. The van der Waals surface area contributed by atoms with Crippen molar-refractivity contribution < 1.29 is 73.2 Å².